The predicted molar refractivity (Wildman–Crippen MR) is 73.2 cm³/mol. The summed E-state index contributed by atoms with van der Waals surface area (Å²) >= 11 is 1.61. The number of hydrogen-bond donors (Lipinski definition) is 1. The highest BCUT2D eigenvalue weighted by Crippen LogP contribution is 2.32. The zero-order valence-electron chi connectivity index (χ0n) is 11.1. The third-order valence-electron chi connectivity index (χ3n) is 3.88. The second kappa shape index (κ2) is 5.80. The topological polar surface area (TPSA) is 59.2 Å². The van der Waals surface area contributed by atoms with E-state index in [1.165, 1.54) is 4.88 Å². The molecule has 0 saturated heterocycles. The average Bonchev–Trinajstić information content (AvgIpc) is 2.97. The number of aryl methyl sites for hydroxylation is 1. The normalized spacial score (nSPS) is 23.3. The van der Waals surface area contributed by atoms with Gasteiger partial charge in [0.2, 0.25) is 5.91 Å². The van der Waals surface area contributed by atoms with Crippen LogP contribution < -0.4 is 5.73 Å². The standard InChI is InChI=1S/C13H21N3OS/c1-9-12(18-8-15-9)7-16(2)13(17)11-5-3-4-10(11)6-14/h8,10-11H,3-7,14H2,1-2H3/t10-,11-/m1/s1. The molecule has 1 aliphatic carbocycles. The van der Waals surface area contributed by atoms with Crippen molar-refractivity contribution in [3.63, 3.8) is 0 Å². The van der Waals surface area contributed by atoms with Crippen LogP contribution in [-0.2, 0) is 11.3 Å². The quantitative estimate of drug-likeness (QED) is 0.904. The lowest BCUT2D eigenvalue weighted by Gasteiger charge is -2.24. The maximum Gasteiger partial charge on any atom is 0.226 e. The average molecular weight is 267 g/mol. The Kier molecular flexibility index (Phi) is 4.35. The number of nitrogens with two attached hydrogens (primary N) is 1. The van der Waals surface area contributed by atoms with Crippen molar-refractivity contribution in [3.8, 4) is 0 Å². The molecule has 0 radical (unpaired) electrons. The Morgan fingerprint density at radius 3 is 3.00 bits per heavy atom. The molecule has 1 amide bonds. The van der Waals surface area contributed by atoms with E-state index in [0.717, 1.165) is 25.0 Å². The summed E-state index contributed by atoms with van der Waals surface area (Å²) in [7, 11) is 1.88. The number of rotatable bonds is 4. The third kappa shape index (κ3) is 2.72. The van der Waals surface area contributed by atoms with Gasteiger partial charge < -0.3 is 10.6 Å². The molecule has 1 fully saturated rings. The molecular formula is C13H21N3OS. The molecular weight excluding hydrogens is 246 g/mol. The van der Waals surface area contributed by atoms with Gasteiger partial charge in [-0.15, -0.1) is 11.3 Å². The van der Waals surface area contributed by atoms with Crippen molar-refractivity contribution in [2.45, 2.75) is 32.7 Å². The molecule has 0 aliphatic heterocycles. The van der Waals surface area contributed by atoms with Crippen LogP contribution in [0.15, 0.2) is 5.51 Å². The number of aromatic nitrogens is 1. The van der Waals surface area contributed by atoms with Crippen molar-refractivity contribution in [3.05, 3.63) is 16.1 Å². The predicted octanol–water partition coefficient (Wildman–Crippen LogP) is 1.78. The number of carbonyl (C=O) groups is 1. The van der Waals surface area contributed by atoms with Crippen molar-refractivity contribution in [2.24, 2.45) is 17.6 Å². The van der Waals surface area contributed by atoms with Gasteiger partial charge in [0, 0.05) is 17.8 Å². The summed E-state index contributed by atoms with van der Waals surface area (Å²) in [6.45, 7) is 3.29. The maximum absolute atomic E-state index is 12.4. The Hall–Kier alpha value is -0.940. The largest absolute Gasteiger partial charge is 0.340 e. The summed E-state index contributed by atoms with van der Waals surface area (Å²) in [4.78, 5) is 19.6. The van der Waals surface area contributed by atoms with Gasteiger partial charge >= 0.3 is 0 Å². The molecule has 18 heavy (non-hydrogen) atoms. The van der Waals surface area contributed by atoms with E-state index in [-0.39, 0.29) is 11.8 Å². The summed E-state index contributed by atoms with van der Waals surface area (Å²) in [6, 6.07) is 0. The first-order valence-corrected chi connectivity index (χ1v) is 7.35. The Bertz CT molecular complexity index is 418. The maximum atomic E-state index is 12.4. The van der Waals surface area contributed by atoms with Crippen LogP contribution >= 0.6 is 11.3 Å². The van der Waals surface area contributed by atoms with Gasteiger partial charge in [0.05, 0.1) is 17.7 Å². The molecule has 1 aliphatic rings. The highest BCUT2D eigenvalue weighted by Gasteiger charge is 2.33. The summed E-state index contributed by atoms with van der Waals surface area (Å²) in [5, 5.41) is 0. The fourth-order valence-corrected chi connectivity index (χ4v) is 3.53. The summed E-state index contributed by atoms with van der Waals surface area (Å²) in [5.74, 6) is 0.756. The number of hydrogen-bond acceptors (Lipinski definition) is 4. The molecule has 0 aromatic carbocycles. The first-order valence-electron chi connectivity index (χ1n) is 6.47. The number of amides is 1. The molecule has 4 nitrogen and oxygen atoms in total. The number of thiazole rings is 1. The molecule has 1 aromatic rings. The summed E-state index contributed by atoms with van der Waals surface area (Å²) in [5.41, 5.74) is 8.61. The Balaban J connectivity index is 1.98. The molecule has 1 heterocycles. The minimum atomic E-state index is 0.133. The lowest BCUT2D eigenvalue weighted by molar-refractivity contribution is -0.135. The molecule has 2 rings (SSSR count). The van der Waals surface area contributed by atoms with Crippen LogP contribution in [0.3, 0.4) is 0 Å². The fourth-order valence-electron chi connectivity index (χ4n) is 2.70. The van der Waals surface area contributed by atoms with Crippen LogP contribution in [0.5, 0.6) is 0 Å². The SMILES string of the molecule is Cc1ncsc1CN(C)C(=O)[C@@H]1CCC[C@@H]1CN. The monoisotopic (exact) mass is 267 g/mol. The van der Waals surface area contributed by atoms with Crippen molar-refractivity contribution in [1.29, 1.82) is 0 Å². The smallest absolute Gasteiger partial charge is 0.226 e. The van der Waals surface area contributed by atoms with Gasteiger partial charge in [-0.25, -0.2) is 4.98 Å². The lowest BCUT2D eigenvalue weighted by Crippen LogP contribution is -2.36. The fraction of sp³-hybridized carbons (Fsp3) is 0.692. The summed E-state index contributed by atoms with van der Waals surface area (Å²) < 4.78 is 0. The first kappa shape index (κ1) is 13.5. The van der Waals surface area contributed by atoms with Gasteiger partial charge in [0.25, 0.3) is 0 Å². The van der Waals surface area contributed by atoms with Gasteiger partial charge in [-0.05, 0) is 32.2 Å². The minimum absolute atomic E-state index is 0.133. The van der Waals surface area contributed by atoms with Crippen LogP contribution in [0, 0.1) is 18.8 Å². The number of nitrogens with zero attached hydrogens (tertiary/aromatic N) is 2. The van der Waals surface area contributed by atoms with Crippen LogP contribution in [0.2, 0.25) is 0 Å². The van der Waals surface area contributed by atoms with Crippen LogP contribution in [0.1, 0.15) is 29.8 Å². The Morgan fingerprint density at radius 1 is 1.61 bits per heavy atom. The van der Waals surface area contributed by atoms with E-state index in [9.17, 15) is 4.79 Å². The molecule has 1 aromatic heterocycles. The van der Waals surface area contributed by atoms with E-state index < -0.39 is 0 Å². The van der Waals surface area contributed by atoms with Crippen LogP contribution in [-0.4, -0.2) is 29.4 Å². The molecule has 0 bridgehead atoms. The van der Waals surface area contributed by atoms with E-state index in [1.54, 1.807) is 11.3 Å². The van der Waals surface area contributed by atoms with E-state index in [2.05, 4.69) is 4.98 Å². The second-order valence-electron chi connectivity index (χ2n) is 5.09. The molecule has 100 valence electrons. The van der Waals surface area contributed by atoms with E-state index >= 15 is 0 Å². The summed E-state index contributed by atoms with van der Waals surface area (Å²) in [6.07, 6.45) is 3.22. The second-order valence-corrected chi connectivity index (χ2v) is 6.03. The third-order valence-corrected chi connectivity index (χ3v) is 4.80. The van der Waals surface area contributed by atoms with Crippen molar-refractivity contribution in [2.75, 3.05) is 13.6 Å². The zero-order chi connectivity index (χ0) is 13.1. The molecule has 1 saturated carbocycles. The van der Waals surface area contributed by atoms with Gasteiger partial charge in [-0.2, -0.15) is 0 Å². The van der Waals surface area contributed by atoms with E-state index in [4.69, 9.17) is 5.73 Å². The van der Waals surface area contributed by atoms with Gasteiger partial charge in [-0.3, -0.25) is 4.79 Å². The Labute approximate surface area is 112 Å². The molecule has 5 heteroatoms. The van der Waals surface area contributed by atoms with E-state index in [1.807, 2.05) is 24.4 Å². The van der Waals surface area contributed by atoms with Gasteiger partial charge in [0.15, 0.2) is 0 Å². The van der Waals surface area contributed by atoms with Crippen LogP contribution in [0.25, 0.3) is 0 Å². The van der Waals surface area contributed by atoms with Crippen LogP contribution in [0.4, 0.5) is 0 Å². The highest BCUT2D eigenvalue weighted by atomic mass is 32.1. The van der Waals surface area contributed by atoms with Crippen molar-refractivity contribution < 1.29 is 4.79 Å². The lowest BCUT2D eigenvalue weighted by atomic mass is 9.95. The molecule has 0 spiro atoms. The molecule has 2 atom stereocenters. The van der Waals surface area contributed by atoms with E-state index in [0.29, 0.717) is 19.0 Å². The van der Waals surface area contributed by atoms with Gasteiger partial charge in [-0.1, -0.05) is 6.42 Å². The number of carbonyl (C=O) groups excluding carboxylic acids is 1. The first-order chi connectivity index (χ1) is 8.63. The van der Waals surface area contributed by atoms with Crippen molar-refractivity contribution >= 4 is 17.2 Å². The minimum Gasteiger partial charge on any atom is -0.340 e. The molecule has 2 N–H and O–H groups in total. The van der Waals surface area contributed by atoms with Gasteiger partial charge in [0.1, 0.15) is 0 Å². The zero-order valence-corrected chi connectivity index (χ0v) is 11.9. The Morgan fingerprint density at radius 2 is 2.39 bits per heavy atom. The molecule has 0 unspecified atom stereocenters. The highest BCUT2D eigenvalue weighted by molar-refractivity contribution is 7.09. The van der Waals surface area contributed by atoms with Crippen molar-refractivity contribution in [1.82, 2.24) is 9.88 Å².